The number of Topliss-reactive ketones (excluding diaryl/α,β-unsaturated/α-hetero) is 1. The zero-order chi connectivity index (χ0) is 38.9. The first-order chi connectivity index (χ1) is 24.0. The van der Waals surface area contributed by atoms with E-state index in [2.05, 4.69) is 53.1 Å². The second-order valence-electron chi connectivity index (χ2n) is 16.1. The number of carbonyl (C=O) groups excluding carboxylic acids is 7. The van der Waals surface area contributed by atoms with Crippen molar-refractivity contribution in [3.05, 3.63) is 35.9 Å². The number of nitrogens with zero attached hydrogens (tertiary/aromatic N) is 2. The van der Waals surface area contributed by atoms with Crippen LogP contribution in [-0.4, -0.2) is 105 Å². The van der Waals surface area contributed by atoms with Gasteiger partial charge in [-0.25, -0.2) is 4.79 Å². The van der Waals surface area contributed by atoms with E-state index in [0.717, 1.165) is 12.8 Å². The summed E-state index contributed by atoms with van der Waals surface area (Å²) in [6.07, 6.45) is 1.11. The van der Waals surface area contributed by atoms with Crippen LogP contribution in [0.2, 0.25) is 0 Å². The largest absolute Gasteiger partial charge is 0.444 e. The van der Waals surface area contributed by atoms with Crippen molar-refractivity contribution in [3.8, 4) is 0 Å². The highest BCUT2D eigenvalue weighted by Crippen LogP contribution is 2.67. The number of halogens is 2. The van der Waals surface area contributed by atoms with Crippen LogP contribution in [0.3, 0.4) is 0 Å². The average molecular weight is 855 g/mol. The first-order valence-electron chi connectivity index (χ1n) is 17.4. The fourth-order valence-corrected chi connectivity index (χ4v) is 8.09. The van der Waals surface area contributed by atoms with Crippen molar-refractivity contribution in [2.75, 3.05) is 27.2 Å². The number of alkyl carbamates (subject to hydrolysis) is 1. The molecule has 16 heteroatoms. The van der Waals surface area contributed by atoms with Crippen molar-refractivity contribution < 1.29 is 38.3 Å². The minimum Gasteiger partial charge on any atom is -0.444 e. The summed E-state index contributed by atoms with van der Waals surface area (Å²) in [5.41, 5.74) is -1.00. The Labute approximate surface area is 321 Å². The maximum Gasteiger partial charge on any atom is 0.408 e. The number of benzene rings is 1. The maximum atomic E-state index is 14.1. The number of ketones is 1. The molecule has 2 aliphatic carbocycles. The van der Waals surface area contributed by atoms with Gasteiger partial charge in [0.25, 0.3) is 5.91 Å². The third-order valence-corrected chi connectivity index (χ3v) is 11.5. The molecule has 3 fully saturated rings. The number of hydrogen-bond donors (Lipinski definition) is 4. The van der Waals surface area contributed by atoms with Crippen LogP contribution in [0.5, 0.6) is 0 Å². The fourth-order valence-electron chi connectivity index (χ4n) is 6.36. The molecular formula is C36H50Br2N6O8. The molecule has 6 amide bonds. The lowest BCUT2D eigenvalue weighted by atomic mass is 9.85. The number of likely N-dealkylation sites (N-methyl/N-ethyl adjacent to an activating group) is 1. The normalized spacial score (nSPS) is 22.1. The third-order valence-electron chi connectivity index (χ3n) is 9.32. The number of ether oxygens (including phenoxy) is 1. The van der Waals surface area contributed by atoms with E-state index < -0.39 is 80.5 Å². The van der Waals surface area contributed by atoms with Crippen molar-refractivity contribution in [2.45, 2.75) is 93.8 Å². The number of likely N-dealkylation sites (tertiary alicyclic amines) is 1. The third kappa shape index (κ3) is 10.1. The first kappa shape index (κ1) is 41.2. The molecule has 52 heavy (non-hydrogen) atoms. The van der Waals surface area contributed by atoms with E-state index in [4.69, 9.17) is 4.74 Å². The maximum absolute atomic E-state index is 14.1. The topological polar surface area (TPSA) is 183 Å². The van der Waals surface area contributed by atoms with E-state index in [1.165, 1.54) is 9.80 Å². The van der Waals surface area contributed by atoms with Gasteiger partial charge < -0.3 is 35.8 Å². The Morgan fingerprint density at radius 2 is 1.56 bits per heavy atom. The molecule has 0 bridgehead atoms. The van der Waals surface area contributed by atoms with Crippen LogP contribution in [-0.2, 0) is 33.5 Å². The lowest BCUT2D eigenvalue weighted by molar-refractivity contribution is -0.145. The molecule has 1 aliphatic heterocycles. The van der Waals surface area contributed by atoms with Gasteiger partial charge in [-0.05, 0) is 44.1 Å². The molecule has 1 aromatic carbocycles. The summed E-state index contributed by atoms with van der Waals surface area (Å²) in [5, 5.41) is 10.4. The van der Waals surface area contributed by atoms with Crippen LogP contribution in [0.1, 0.15) is 72.4 Å². The highest BCUT2D eigenvalue weighted by atomic mass is 79.9. The first-order valence-corrected chi connectivity index (χ1v) is 19.0. The number of nitrogens with one attached hydrogen (secondary N) is 4. The molecule has 14 nitrogen and oxygen atoms in total. The van der Waals surface area contributed by atoms with E-state index in [0.29, 0.717) is 5.56 Å². The zero-order valence-corrected chi connectivity index (χ0v) is 34.1. The molecule has 1 unspecified atom stereocenters. The van der Waals surface area contributed by atoms with Gasteiger partial charge in [0.1, 0.15) is 23.7 Å². The van der Waals surface area contributed by atoms with E-state index in [9.17, 15) is 33.6 Å². The Kier molecular flexibility index (Phi) is 12.6. The van der Waals surface area contributed by atoms with E-state index in [1.54, 1.807) is 86.0 Å². The van der Waals surface area contributed by atoms with Gasteiger partial charge >= 0.3 is 6.09 Å². The second-order valence-corrected chi connectivity index (χ2v) is 19.8. The van der Waals surface area contributed by atoms with E-state index in [1.807, 2.05) is 0 Å². The Balaban J connectivity index is 1.46. The summed E-state index contributed by atoms with van der Waals surface area (Å²) in [6, 6.07) is 4.36. The highest BCUT2D eigenvalue weighted by Gasteiger charge is 2.73. The van der Waals surface area contributed by atoms with Gasteiger partial charge in [-0.3, -0.25) is 28.8 Å². The smallest absolute Gasteiger partial charge is 0.408 e. The van der Waals surface area contributed by atoms with Crippen LogP contribution in [0.4, 0.5) is 4.79 Å². The van der Waals surface area contributed by atoms with E-state index >= 15 is 0 Å². The average Bonchev–Trinajstić information content (AvgIpc) is 3.90. The molecule has 2 saturated carbocycles. The van der Waals surface area contributed by atoms with Gasteiger partial charge in [-0.15, -0.1) is 0 Å². The Bertz CT molecular complexity index is 1570. The molecule has 0 spiro atoms. The predicted molar refractivity (Wildman–Crippen MR) is 199 cm³/mol. The summed E-state index contributed by atoms with van der Waals surface area (Å²) in [7, 11) is 3.12. The highest BCUT2D eigenvalue weighted by molar-refractivity contribution is 9.25. The molecule has 6 atom stereocenters. The lowest BCUT2D eigenvalue weighted by Gasteiger charge is -2.37. The van der Waals surface area contributed by atoms with Crippen LogP contribution < -0.4 is 21.3 Å². The van der Waals surface area contributed by atoms with Crippen molar-refractivity contribution in [1.29, 1.82) is 0 Å². The van der Waals surface area contributed by atoms with Crippen LogP contribution in [0.25, 0.3) is 0 Å². The summed E-state index contributed by atoms with van der Waals surface area (Å²) < 4.78 is 4.81. The SMILES string of the molecule is CN(C)C(=O)[C@@H](NC(=O)CNC(=O)C(=O)C(CC1CC1)NC(=O)[C@@H]1[C@@H]2[C@H](CN1C(=O)[C@@H](NC(=O)OC(C)(C)C)C(C)(C)C)C2(Br)Br)c1ccccc1. The quantitative estimate of drug-likeness (QED) is 0.173. The molecule has 0 aromatic heterocycles. The molecular weight excluding hydrogens is 804 g/mol. The number of alkyl halides is 2. The predicted octanol–water partition coefficient (Wildman–Crippen LogP) is 2.78. The summed E-state index contributed by atoms with van der Waals surface area (Å²) in [6.45, 7) is 10.1. The Hall–Kier alpha value is -3.53. The van der Waals surface area contributed by atoms with Crippen molar-refractivity contribution in [2.24, 2.45) is 23.2 Å². The number of carbonyl (C=O) groups is 7. The Morgan fingerprint density at radius 3 is 2.10 bits per heavy atom. The van der Waals surface area contributed by atoms with Crippen LogP contribution in [0, 0.1) is 23.2 Å². The number of piperidine rings is 1. The molecule has 1 aromatic rings. The number of hydrogen-bond acceptors (Lipinski definition) is 8. The number of fused-ring (bicyclic) bond motifs is 1. The number of rotatable bonds is 13. The molecule has 0 radical (unpaired) electrons. The summed E-state index contributed by atoms with van der Waals surface area (Å²) >= 11 is 7.26. The van der Waals surface area contributed by atoms with Crippen LogP contribution in [0.15, 0.2) is 30.3 Å². The molecule has 1 heterocycles. The molecule has 4 N–H and O–H groups in total. The summed E-state index contributed by atoms with van der Waals surface area (Å²) in [5.74, 6) is -4.50. The summed E-state index contributed by atoms with van der Waals surface area (Å²) in [4.78, 5) is 96.2. The van der Waals surface area contributed by atoms with Gasteiger partial charge in [-0.2, -0.15) is 0 Å². The molecule has 1 saturated heterocycles. The minimum absolute atomic E-state index is 0.124. The molecule has 3 aliphatic rings. The van der Waals surface area contributed by atoms with Crippen LogP contribution >= 0.6 is 31.9 Å². The molecule has 286 valence electrons. The monoisotopic (exact) mass is 852 g/mol. The van der Waals surface area contributed by atoms with Crippen molar-refractivity contribution in [3.63, 3.8) is 0 Å². The fraction of sp³-hybridized carbons (Fsp3) is 0.639. The van der Waals surface area contributed by atoms with E-state index in [-0.39, 0.29) is 36.6 Å². The zero-order valence-electron chi connectivity index (χ0n) is 30.9. The van der Waals surface area contributed by atoms with Crippen molar-refractivity contribution in [1.82, 2.24) is 31.1 Å². The molecule has 4 rings (SSSR count). The minimum atomic E-state index is -1.21. The van der Waals surface area contributed by atoms with Crippen molar-refractivity contribution >= 4 is 73.3 Å². The van der Waals surface area contributed by atoms with Gasteiger partial charge in [-0.1, -0.05) is 95.8 Å². The van der Waals surface area contributed by atoms with Gasteiger partial charge in [0.05, 0.1) is 15.8 Å². The number of amides is 6. The second kappa shape index (κ2) is 15.8. The van der Waals surface area contributed by atoms with Gasteiger partial charge in [0.15, 0.2) is 0 Å². The standard InChI is InChI=1S/C36H50Br2N6O8/c1-34(2,3)28(42-33(51)52-35(4,5)6)32(50)44-18-21-24(36(21,37)38)26(44)29(47)40-22(16-19-14-15-19)27(46)30(48)39-17-23(45)41-25(31(49)43(7)8)20-12-10-9-11-13-20/h9-13,19,21-22,24-26,28H,14-18H2,1-8H3,(H,39,48)(H,40,47)(H,41,45)(H,42,51)/t21-,22?,24-,25-,26-,28+/m0/s1. The van der Waals surface area contributed by atoms with Gasteiger partial charge in [0, 0.05) is 32.5 Å². The lowest BCUT2D eigenvalue weighted by Crippen LogP contribution is -2.61. The Morgan fingerprint density at radius 1 is 0.942 bits per heavy atom. The van der Waals surface area contributed by atoms with Gasteiger partial charge in [0.2, 0.25) is 29.4 Å².